The van der Waals surface area contributed by atoms with Gasteiger partial charge in [0.1, 0.15) is 5.75 Å². The summed E-state index contributed by atoms with van der Waals surface area (Å²) < 4.78 is 5.93. The van der Waals surface area contributed by atoms with Gasteiger partial charge in [-0.05, 0) is 67.6 Å². The van der Waals surface area contributed by atoms with Crippen molar-refractivity contribution in [3.05, 3.63) is 65.2 Å². The third-order valence-electron chi connectivity index (χ3n) is 5.44. The van der Waals surface area contributed by atoms with Crippen LogP contribution in [0.3, 0.4) is 0 Å². The molecule has 2 aromatic rings. The van der Waals surface area contributed by atoms with Crippen molar-refractivity contribution in [2.45, 2.75) is 58.7 Å². The molecule has 0 aliphatic carbocycles. The maximum absolute atomic E-state index is 12.7. The largest absolute Gasteiger partial charge is 0.481 e. The number of rotatable bonds is 9. The Kier molecular flexibility index (Phi) is 7.49. The average Bonchev–Trinajstić information content (AvgIpc) is 3.24. The molecule has 1 saturated heterocycles. The summed E-state index contributed by atoms with van der Waals surface area (Å²) >= 11 is 0. The molecular weight excluding hydrogens is 348 g/mol. The Morgan fingerprint density at radius 3 is 2.36 bits per heavy atom. The summed E-state index contributed by atoms with van der Waals surface area (Å²) in [5.41, 5.74) is 3.75. The van der Waals surface area contributed by atoms with Crippen molar-refractivity contribution < 1.29 is 9.53 Å². The normalized spacial score (nSPS) is 15.4. The maximum atomic E-state index is 12.7. The van der Waals surface area contributed by atoms with Crippen molar-refractivity contribution in [2.24, 2.45) is 0 Å². The second-order valence-corrected chi connectivity index (χ2v) is 7.48. The zero-order chi connectivity index (χ0) is 19.8. The number of carbonyl (C=O) groups excluding carboxylic acids is 1. The summed E-state index contributed by atoms with van der Waals surface area (Å²) in [5, 5.41) is 3.08. The van der Waals surface area contributed by atoms with E-state index in [2.05, 4.69) is 47.5 Å². The SMILES string of the molecule is CCc1ccc(O[C@@H](CC)C(=O)NCc2ccccc2CN2CCCC2)cc1. The second kappa shape index (κ2) is 10.3. The molecule has 1 amide bonds. The van der Waals surface area contributed by atoms with E-state index in [0.29, 0.717) is 13.0 Å². The Hall–Kier alpha value is -2.33. The first-order valence-corrected chi connectivity index (χ1v) is 10.5. The van der Waals surface area contributed by atoms with E-state index in [4.69, 9.17) is 4.74 Å². The first-order chi connectivity index (χ1) is 13.7. The first-order valence-electron chi connectivity index (χ1n) is 10.5. The summed E-state index contributed by atoms with van der Waals surface area (Å²) in [6.45, 7) is 7.94. The molecule has 0 bridgehead atoms. The smallest absolute Gasteiger partial charge is 0.261 e. The molecule has 1 atom stereocenters. The Labute approximate surface area is 168 Å². The van der Waals surface area contributed by atoms with Gasteiger partial charge in [0.2, 0.25) is 0 Å². The Balaban J connectivity index is 1.57. The lowest BCUT2D eigenvalue weighted by Crippen LogP contribution is -2.37. The number of hydrogen-bond acceptors (Lipinski definition) is 3. The predicted molar refractivity (Wildman–Crippen MR) is 113 cm³/mol. The fourth-order valence-corrected chi connectivity index (χ4v) is 3.65. The summed E-state index contributed by atoms with van der Waals surface area (Å²) in [6, 6.07) is 16.4. The lowest BCUT2D eigenvalue weighted by Gasteiger charge is -2.20. The lowest BCUT2D eigenvalue weighted by atomic mass is 10.1. The van der Waals surface area contributed by atoms with Gasteiger partial charge in [-0.25, -0.2) is 0 Å². The molecule has 0 unspecified atom stereocenters. The number of ether oxygens (including phenoxy) is 1. The number of amides is 1. The molecule has 4 heteroatoms. The zero-order valence-electron chi connectivity index (χ0n) is 17.1. The molecule has 1 aliphatic heterocycles. The van der Waals surface area contributed by atoms with Gasteiger partial charge in [0.25, 0.3) is 5.91 Å². The van der Waals surface area contributed by atoms with E-state index < -0.39 is 6.10 Å². The van der Waals surface area contributed by atoms with Gasteiger partial charge >= 0.3 is 0 Å². The van der Waals surface area contributed by atoms with Crippen molar-refractivity contribution >= 4 is 5.91 Å². The summed E-state index contributed by atoms with van der Waals surface area (Å²) in [6.07, 6.45) is 3.73. The third-order valence-corrected chi connectivity index (χ3v) is 5.44. The average molecular weight is 381 g/mol. The van der Waals surface area contributed by atoms with E-state index in [-0.39, 0.29) is 5.91 Å². The highest BCUT2D eigenvalue weighted by molar-refractivity contribution is 5.81. The van der Waals surface area contributed by atoms with Crippen molar-refractivity contribution in [3.8, 4) is 5.75 Å². The van der Waals surface area contributed by atoms with Crippen LogP contribution in [0.25, 0.3) is 0 Å². The fraction of sp³-hybridized carbons (Fsp3) is 0.458. The highest BCUT2D eigenvalue weighted by Gasteiger charge is 2.19. The van der Waals surface area contributed by atoms with Gasteiger partial charge in [-0.1, -0.05) is 50.2 Å². The Bertz CT molecular complexity index is 751. The molecule has 1 aliphatic rings. The molecule has 1 N–H and O–H groups in total. The third kappa shape index (κ3) is 5.59. The van der Waals surface area contributed by atoms with Gasteiger partial charge in [0, 0.05) is 13.1 Å². The minimum atomic E-state index is -0.474. The quantitative estimate of drug-likeness (QED) is 0.704. The van der Waals surface area contributed by atoms with Gasteiger partial charge in [-0.15, -0.1) is 0 Å². The molecule has 0 radical (unpaired) electrons. The zero-order valence-corrected chi connectivity index (χ0v) is 17.1. The van der Waals surface area contributed by atoms with E-state index in [0.717, 1.165) is 18.7 Å². The minimum absolute atomic E-state index is 0.0574. The van der Waals surface area contributed by atoms with Crippen LogP contribution in [-0.2, 0) is 24.3 Å². The van der Waals surface area contributed by atoms with E-state index in [9.17, 15) is 4.79 Å². The van der Waals surface area contributed by atoms with Gasteiger partial charge in [-0.3, -0.25) is 9.69 Å². The van der Waals surface area contributed by atoms with Crippen molar-refractivity contribution in [2.75, 3.05) is 13.1 Å². The number of hydrogen-bond donors (Lipinski definition) is 1. The molecule has 28 heavy (non-hydrogen) atoms. The van der Waals surface area contributed by atoms with Crippen LogP contribution in [0.5, 0.6) is 5.75 Å². The number of nitrogens with zero attached hydrogens (tertiary/aromatic N) is 1. The van der Waals surface area contributed by atoms with Gasteiger partial charge in [-0.2, -0.15) is 0 Å². The Morgan fingerprint density at radius 2 is 1.71 bits per heavy atom. The molecule has 0 aromatic heterocycles. The van der Waals surface area contributed by atoms with Crippen molar-refractivity contribution in [3.63, 3.8) is 0 Å². The van der Waals surface area contributed by atoms with Crippen LogP contribution in [-0.4, -0.2) is 30.0 Å². The molecule has 1 heterocycles. The highest BCUT2D eigenvalue weighted by atomic mass is 16.5. The number of carbonyl (C=O) groups is 1. The molecule has 0 saturated carbocycles. The van der Waals surface area contributed by atoms with Crippen molar-refractivity contribution in [1.29, 1.82) is 0 Å². The maximum Gasteiger partial charge on any atom is 0.261 e. The number of likely N-dealkylation sites (tertiary alicyclic amines) is 1. The number of nitrogens with one attached hydrogen (secondary N) is 1. The summed E-state index contributed by atoms with van der Waals surface area (Å²) in [7, 11) is 0. The van der Waals surface area contributed by atoms with E-state index in [1.54, 1.807) is 0 Å². The molecule has 150 valence electrons. The Morgan fingerprint density at radius 1 is 1.04 bits per heavy atom. The van der Waals surface area contributed by atoms with Crippen LogP contribution < -0.4 is 10.1 Å². The van der Waals surface area contributed by atoms with Crippen LogP contribution in [0.2, 0.25) is 0 Å². The van der Waals surface area contributed by atoms with E-state index >= 15 is 0 Å². The second-order valence-electron chi connectivity index (χ2n) is 7.48. The topological polar surface area (TPSA) is 41.6 Å². The molecule has 2 aromatic carbocycles. The van der Waals surface area contributed by atoms with Crippen LogP contribution in [0.4, 0.5) is 0 Å². The number of aryl methyl sites for hydroxylation is 1. The van der Waals surface area contributed by atoms with Crippen LogP contribution in [0.15, 0.2) is 48.5 Å². The van der Waals surface area contributed by atoms with Gasteiger partial charge < -0.3 is 10.1 Å². The molecule has 3 rings (SSSR count). The van der Waals surface area contributed by atoms with E-state index in [1.165, 1.54) is 42.6 Å². The lowest BCUT2D eigenvalue weighted by molar-refractivity contribution is -0.128. The van der Waals surface area contributed by atoms with Crippen LogP contribution in [0.1, 0.15) is 49.8 Å². The summed E-state index contributed by atoms with van der Waals surface area (Å²) in [5.74, 6) is 0.687. The molecule has 0 spiro atoms. The van der Waals surface area contributed by atoms with Crippen LogP contribution in [0, 0.1) is 0 Å². The minimum Gasteiger partial charge on any atom is -0.481 e. The van der Waals surface area contributed by atoms with Gasteiger partial charge in [0.15, 0.2) is 6.10 Å². The summed E-state index contributed by atoms with van der Waals surface area (Å²) in [4.78, 5) is 15.2. The van der Waals surface area contributed by atoms with Crippen molar-refractivity contribution in [1.82, 2.24) is 10.2 Å². The predicted octanol–water partition coefficient (Wildman–Crippen LogP) is 4.32. The molecule has 4 nitrogen and oxygen atoms in total. The molecular formula is C24H32N2O2. The molecule has 1 fully saturated rings. The van der Waals surface area contributed by atoms with Crippen LogP contribution >= 0.6 is 0 Å². The first kappa shape index (κ1) is 20.4. The van der Waals surface area contributed by atoms with E-state index in [1.807, 2.05) is 25.1 Å². The number of benzene rings is 2. The standard InChI is InChI=1S/C24H32N2O2/c1-3-19-11-13-22(14-12-19)28-23(4-2)24(27)25-17-20-9-5-6-10-21(20)18-26-15-7-8-16-26/h5-6,9-14,23H,3-4,7-8,15-18H2,1-2H3,(H,25,27)/t23-/m0/s1. The van der Waals surface area contributed by atoms with Gasteiger partial charge in [0.05, 0.1) is 0 Å². The highest BCUT2D eigenvalue weighted by Crippen LogP contribution is 2.17. The monoisotopic (exact) mass is 380 g/mol. The fourth-order valence-electron chi connectivity index (χ4n) is 3.65.